The Morgan fingerprint density at radius 3 is 2.91 bits per heavy atom. The van der Waals surface area contributed by atoms with Crippen LogP contribution in [0.4, 0.5) is 0 Å². The van der Waals surface area contributed by atoms with Crippen molar-refractivity contribution in [2.24, 2.45) is 11.3 Å². The molecule has 0 bridgehead atoms. The third kappa shape index (κ3) is 1.58. The van der Waals surface area contributed by atoms with E-state index in [0.717, 1.165) is 31.4 Å². The molecular formula is C19H22O3. The number of allylic oxidation sites excluding steroid dienone is 1. The van der Waals surface area contributed by atoms with Crippen LogP contribution in [0.2, 0.25) is 0 Å². The summed E-state index contributed by atoms with van der Waals surface area (Å²) >= 11 is 0. The van der Waals surface area contributed by atoms with Gasteiger partial charge in [0.05, 0.1) is 18.1 Å². The highest BCUT2D eigenvalue weighted by atomic mass is 16.5. The quantitative estimate of drug-likeness (QED) is 0.867. The van der Waals surface area contributed by atoms with Gasteiger partial charge in [0.2, 0.25) is 0 Å². The van der Waals surface area contributed by atoms with Gasteiger partial charge in [-0.1, -0.05) is 6.07 Å². The van der Waals surface area contributed by atoms with Crippen LogP contribution < -0.4 is 4.74 Å². The largest absolute Gasteiger partial charge is 0.497 e. The Labute approximate surface area is 131 Å². The van der Waals surface area contributed by atoms with Gasteiger partial charge in [-0.2, -0.15) is 0 Å². The van der Waals surface area contributed by atoms with Crippen LogP contribution in [-0.2, 0) is 11.2 Å². The first-order valence-corrected chi connectivity index (χ1v) is 8.12. The van der Waals surface area contributed by atoms with Gasteiger partial charge < -0.3 is 9.84 Å². The fourth-order valence-corrected chi connectivity index (χ4v) is 4.97. The molecule has 1 N–H and O–H groups in total. The Morgan fingerprint density at radius 1 is 1.32 bits per heavy atom. The topological polar surface area (TPSA) is 46.5 Å². The number of carbonyl (C=O) groups is 1. The second-order valence-electron chi connectivity index (χ2n) is 7.21. The summed E-state index contributed by atoms with van der Waals surface area (Å²) in [4.78, 5) is 12.3. The van der Waals surface area contributed by atoms with Gasteiger partial charge in [-0.3, -0.25) is 4.79 Å². The summed E-state index contributed by atoms with van der Waals surface area (Å²) in [5, 5.41) is 11.3. The third-order valence-electron chi connectivity index (χ3n) is 6.40. The fraction of sp³-hybridized carbons (Fsp3) is 0.526. The number of ether oxygens (including phenoxy) is 1. The number of ketones is 1. The van der Waals surface area contributed by atoms with Gasteiger partial charge in [0.25, 0.3) is 0 Å². The van der Waals surface area contributed by atoms with Crippen molar-refractivity contribution in [3.8, 4) is 5.75 Å². The molecule has 0 aromatic heterocycles. The van der Waals surface area contributed by atoms with Gasteiger partial charge in [0.1, 0.15) is 5.75 Å². The Bertz CT molecular complexity index is 677. The standard InChI is InChI=1S/C19H22O3/c1-18-9-7-15-14-5-4-13(22-2)11-12(14)3-6-16(15)19(18,21)10-8-17(18)20/h4-5,8,10-11,15-16,21H,3,6-7,9H2,1-2H3/t15-,16-,18-,19+/m1/s1. The van der Waals surface area contributed by atoms with E-state index in [1.54, 1.807) is 19.3 Å². The van der Waals surface area contributed by atoms with E-state index in [-0.39, 0.29) is 11.7 Å². The number of rotatable bonds is 1. The SMILES string of the molecule is COc1ccc2c(c1)CC[C@@H]1[C@@H]2CC[C@]2(C)C(=O)C=C[C@]12O. The molecule has 1 saturated carbocycles. The third-order valence-corrected chi connectivity index (χ3v) is 6.40. The minimum Gasteiger partial charge on any atom is -0.497 e. The molecule has 1 fully saturated rings. The lowest BCUT2D eigenvalue weighted by atomic mass is 9.53. The first kappa shape index (κ1) is 14.0. The first-order valence-electron chi connectivity index (χ1n) is 8.12. The van der Waals surface area contributed by atoms with Crippen LogP contribution in [-0.4, -0.2) is 23.6 Å². The van der Waals surface area contributed by atoms with E-state index >= 15 is 0 Å². The molecule has 0 saturated heterocycles. The number of benzene rings is 1. The van der Waals surface area contributed by atoms with Crippen LogP contribution >= 0.6 is 0 Å². The molecule has 0 heterocycles. The Kier molecular flexibility index (Phi) is 2.83. The van der Waals surface area contributed by atoms with E-state index in [1.807, 2.05) is 13.0 Å². The van der Waals surface area contributed by atoms with Gasteiger partial charge in [-0.15, -0.1) is 0 Å². The minimum atomic E-state index is -0.982. The van der Waals surface area contributed by atoms with E-state index < -0.39 is 11.0 Å². The molecule has 4 rings (SSSR count). The fourth-order valence-electron chi connectivity index (χ4n) is 4.97. The maximum atomic E-state index is 12.3. The van der Waals surface area contributed by atoms with Crippen LogP contribution in [0, 0.1) is 11.3 Å². The molecule has 4 atom stereocenters. The second-order valence-corrected chi connectivity index (χ2v) is 7.21. The minimum absolute atomic E-state index is 0.0916. The number of fused-ring (bicyclic) bond motifs is 5. The molecule has 1 aromatic rings. The summed E-state index contributed by atoms with van der Waals surface area (Å²) in [5.74, 6) is 1.46. The molecule has 1 aromatic carbocycles. The van der Waals surface area contributed by atoms with E-state index in [0.29, 0.717) is 5.92 Å². The Morgan fingerprint density at radius 2 is 2.14 bits per heavy atom. The molecule has 3 aliphatic carbocycles. The Balaban J connectivity index is 1.77. The molecule has 3 heteroatoms. The molecule has 22 heavy (non-hydrogen) atoms. The van der Waals surface area contributed by atoms with Crippen LogP contribution in [0.15, 0.2) is 30.4 Å². The summed E-state index contributed by atoms with van der Waals surface area (Å²) in [6, 6.07) is 6.28. The number of aryl methyl sites for hydroxylation is 1. The zero-order valence-electron chi connectivity index (χ0n) is 13.1. The number of hydrogen-bond donors (Lipinski definition) is 1. The second kappa shape index (κ2) is 4.45. The normalized spacial score (nSPS) is 39.1. The summed E-state index contributed by atoms with van der Waals surface area (Å²) < 4.78 is 5.33. The average molecular weight is 298 g/mol. The van der Waals surface area contributed by atoms with Crippen molar-refractivity contribution >= 4 is 5.78 Å². The summed E-state index contributed by atoms with van der Waals surface area (Å²) in [6.07, 6.45) is 6.97. The highest BCUT2D eigenvalue weighted by molar-refractivity contribution is 5.99. The van der Waals surface area contributed by atoms with Crippen molar-refractivity contribution in [2.75, 3.05) is 7.11 Å². The smallest absolute Gasteiger partial charge is 0.164 e. The van der Waals surface area contributed by atoms with Crippen molar-refractivity contribution in [2.45, 2.75) is 44.1 Å². The molecular weight excluding hydrogens is 276 g/mol. The van der Waals surface area contributed by atoms with Gasteiger partial charge >= 0.3 is 0 Å². The average Bonchev–Trinajstić information content (AvgIpc) is 2.78. The van der Waals surface area contributed by atoms with Crippen LogP contribution in [0.5, 0.6) is 5.75 Å². The van der Waals surface area contributed by atoms with Gasteiger partial charge in [-0.05, 0) is 79.9 Å². The van der Waals surface area contributed by atoms with Crippen LogP contribution in [0.25, 0.3) is 0 Å². The highest BCUT2D eigenvalue weighted by Gasteiger charge is 2.61. The molecule has 0 aliphatic heterocycles. The van der Waals surface area contributed by atoms with Crippen molar-refractivity contribution < 1.29 is 14.6 Å². The van der Waals surface area contributed by atoms with Crippen LogP contribution in [0.3, 0.4) is 0 Å². The van der Waals surface area contributed by atoms with Crippen molar-refractivity contribution in [3.63, 3.8) is 0 Å². The lowest BCUT2D eigenvalue weighted by Gasteiger charge is -2.53. The van der Waals surface area contributed by atoms with E-state index in [1.165, 1.54) is 11.1 Å². The number of carbonyl (C=O) groups excluding carboxylic acids is 1. The first-order chi connectivity index (χ1) is 10.5. The molecule has 3 aliphatic rings. The van der Waals surface area contributed by atoms with E-state index in [4.69, 9.17) is 4.74 Å². The maximum absolute atomic E-state index is 12.3. The lowest BCUT2D eigenvalue weighted by Crippen LogP contribution is -2.57. The van der Waals surface area contributed by atoms with E-state index in [2.05, 4.69) is 12.1 Å². The zero-order valence-corrected chi connectivity index (χ0v) is 13.1. The predicted molar refractivity (Wildman–Crippen MR) is 84.0 cm³/mol. The molecule has 0 spiro atoms. The molecule has 116 valence electrons. The molecule has 3 nitrogen and oxygen atoms in total. The molecule has 0 unspecified atom stereocenters. The highest BCUT2D eigenvalue weighted by Crippen LogP contribution is 2.59. The van der Waals surface area contributed by atoms with Gasteiger partial charge in [0, 0.05) is 0 Å². The number of hydrogen-bond acceptors (Lipinski definition) is 3. The van der Waals surface area contributed by atoms with Gasteiger partial charge in [-0.25, -0.2) is 0 Å². The monoisotopic (exact) mass is 298 g/mol. The molecule has 0 radical (unpaired) electrons. The lowest BCUT2D eigenvalue weighted by molar-refractivity contribution is -0.148. The van der Waals surface area contributed by atoms with Crippen molar-refractivity contribution in [1.29, 1.82) is 0 Å². The van der Waals surface area contributed by atoms with Crippen molar-refractivity contribution in [3.05, 3.63) is 41.5 Å². The van der Waals surface area contributed by atoms with Crippen molar-refractivity contribution in [1.82, 2.24) is 0 Å². The maximum Gasteiger partial charge on any atom is 0.164 e. The Hall–Kier alpha value is -1.61. The zero-order chi connectivity index (χ0) is 15.5. The van der Waals surface area contributed by atoms with Crippen LogP contribution in [0.1, 0.15) is 43.2 Å². The predicted octanol–water partition coefficient (Wildman–Crippen LogP) is 3.01. The summed E-state index contributed by atoms with van der Waals surface area (Å²) in [7, 11) is 1.69. The van der Waals surface area contributed by atoms with Gasteiger partial charge in [0.15, 0.2) is 5.78 Å². The summed E-state index contributed by atoms with van der Waals surface area (Å²) in [5.41, 5.74) is 1.06. The molecule has 0 amide bonds. The summed E-state index contributed by atoms with van der Waals surface area (Å²) in [6.45, 7) is 1.94. The number of aliphatic hydroxyl groups is 1. The number of methoxy groups -OCH3 is 1. The van der Waals surface area contributed by atoms with E-state index in [9.17, 15) is 9.90 Å².